The molecular weight excluding hydrogens is 212 g/mol. The van der Waals surface area contributed by atoms with Gasteiger partial charge in [-0.1, -0.05) is 19.9 Å². The summed E-state index contributed by atoms with van der Waals surface area (Å²) in [6.07, 6.45) is 0.758. The molecule has 0 aliphatic rings. The van der Waals surface area contributed by atoms with E-state index in [1.165, 1.54) is 12.1 Å². The lowest BCUT2D eigenvalue weighted by Crippen LogP contribution is -2.24. The Hall–Kier alpha value is -1.16. The van der Waals surface area contributed by atoms with Crippen LogP contribution in [0.3, 0.4) is 0 Å². The molecule has 0 fully saturated rings. The van der Waals surface area contributed by atoms with Gasteiger partial charge in [0.2, 0.25) is 5.82 Å². The van der Waals surface area contributed by atoms with Crippen molar-refractivity contribution in [1.82, 2.24) is 5.32 Å². The SMILES string of the molecule is CC(C)NCCCOc1cccc(F)c1F. The van der Waals surface area contributed by atoms with E-state index in [0.717, 1.165) is 19.0 Å². The molecule has 0 unspecified atom stereocenters. The number of benzene rings is 1. The van der Waals surface area contributed by atoms with Crippen molar-refractivity contribution in [3.05, 3.63) is 29.8 Å². The van der Waals surface area contributed by atoms with Gasteiger partial charge >= 0.3 is 0 Å². The molecule has 1 aromatic rings. The van der Waals surface area contributed by atoms with Crippen LogP contribution in [0.1, 0.15) is 20.3 Å². The zero-order chi connectivity index (χ0) is 12.0. The van der Waals surface area contributed by atoms with E-state index in [-0.39, 0.29) is 5.75 Å². The van der Waals surface area contributed by atoms with Crippen molar-refractivity contribution in [2.24, 2.45) is 0 Å². The summed E-state index contributed by atoms with van der Waals surface area (Å²) in [6.45, 7) is 5.27. The van der Waals surface area contributed by atoms with Crippen LogP contribution in [0, 0.1) is 11.6 Å². The Labute approximate surface area is 94.6 Å². The number of hydrogen-bond donors (Lipinski definition) is 1. The average molecular weight is 229 g/mol. The van der Waals surface area contributed by atoms with Crippen molar-refractivity contribution in [3.63, 3.8) is 0 Å². The van der Waals surface area contributed by atoms with Crippen LogP contribution >= 0.6 is 0 Å². The minimum atomic E-state index is -0.917. The molecule has 16 heavy (non-hydrogen) atoms. The molecule has 1 N–H and O–H groups in total. The number of halogens is 2. The first-order chi connectivity index (χ1) is 7.61. The third-order valence-corrected chi connectivity index (χ3v) is 2.05. The molecule has 0 aliphatic heterocycles. The summed E-state index contributed by atoms with van der Waals surface area (Å²) in [5.41, 5.74) is 0. The summed E-state index contributed by atoms with van der Waals surface area (Å²) in [4.78, 5) is 0. The average Bonchev–Trinajstić information content (AvgIpc) is 2.23. The summed E-state index contributed by atoms with van der Waals surface area (Å²) in [5.74, 6) is -1.82. The molecule has 90 valence electrons. The fourth-order valence-electron chi connectivity index (χ4n) is 1.24. The highest BCUT2D eigenvalue weighted by Gasteiger charge is 2.07. The first kappa shape index (κ1) is 12.9. The second-order valence-corrected chi connectivity index (χ2v) is 3.86. The van der Waals surface area contributed by atoms with E-state index in [0.29, 0.717) is 12.6 Å². The standard InChI is InChI=1S/C12H17F2NO/c1-9(2)15-7-4-8-16-11-6-3-5-10(13)12(11)14/h3,5-6,9,15H,4,7-8H2,1-2H3. The quantitative estimate of drug-likeness (QED) is 0.757. The van der Waals surface area contributed by atoms with E-state index in [1.54, 1.807) is 0 Å². The van der Waals surface area contributed by atoms with Gasteiger partial charge in [-0.3, -0.25) is 0 Å². The Balaban J connectivity index is 2.29. The Bertz CT molecular complexity index is 329. The van der Waals surface area contributed by atoms with E-state index >= 15 is 0 Å². The van der Waals surface area contributed by atoms with Gasteiger partial charge in [-0.2, -0.15) is 4.39 Å². The van der Waals surface area contributed by atoms with Crippen molar-refractivity contribution in [2.45, 2.75) is 26.3 Å². The lowest BCUT2D eigenvalue weighted by molar-refractivity contribution is 0.286. The van der Waals surface area contributed by atoms with Crippen LogP contribution in [0.2, 0.25) is 0 Å². The van der Waals surface area contributed by atoms with Crippen LogP contribution in [-0.2, 0) is 0 Å². The number of ether oxygens (including phenoxy) is 1. The highest BCUT2D eigenvalue weighted by molar-refractivity contribution is 5.24. The fourth-order valence-corrected chi connectivity index (χ4v) is 1.24. The minimum absolute atomic E-state index is 0.0236. The van der Waals surface area contributed by atoms with Crippen LogP contribution < -0.4 is 10.1 Å². The Kier molecular flexibility index (Phi) is 5.19. The lowest BCUT2D eigenvalue weighted by atomic mass is 10.3. The van der Waals surface area contributed by atoms with Crippen LogP contribution in [0.25, 0.3) is 0 Å². The molecule has 0 heterocycles. The second kappa shape index (κ2) is 6.43. The Morgan fingerprint density at radius 3 is 2.75 bits per heavy atom. The van der Waals surface area contributed by atoms with Crippen LogP contribution in [0.5, 0.6) is 5.75 Å². The highest BCUT2D eigenvalue weighted by Crippen LogP contribution is 2.18. The normalized spacial score (nSPS) is 10.8. The van der Waals surface area contributed by atoms with Gasteiger partial charge in [-0.25, -0.2) is 4.39 Å². The Morgan fingerprint density at radius 2 is 2.06 bits per heavy atom. The van der Waals surface area contributed by atoms with E-state index in [9.17, 15) is 8.78 Å². The Morgan fingerprint density at radius 1 is 1.31 bits per heavy atom. The van der Waals surface area contributed by atoms with Gasteiger partial charge in [0, 0.05) is 6.04 Å². The maximum absolute atomic E-state index is 13.1. The third kappa shape index (κ3) is 4.14. The minimum Gasteiger partial charge on any atom is -0.490 e. The largest absolute Gasteiger partial charge is 0.490 e. The third-order valence-electron chi connectivity index (χ3n) is 2.05. The molecule has 1 aromatic carbocycles. The summed E-state index contributed by atoms with van der Waals surface area (Å²) in [5, 5.41) is 3.21. The maximum atomic E-state index is 13.1. The number of hydrogen-bond acceptors (Lipinski definition) is 2. The highest BCUT2D eigenvalue weighted by atomic mass is 19.2. The number of rotatable bonds is 6. The first-order valence-electron chi connectivity index (χ1n) is 5.41. The summed E-state index contributed by atoms with van der Waals surface area (Å²) in [6, 6.07) is 4.35. The monoisotopic (exact) mass is 229 g/mol. The predicted octanol–water partition coefficient (Wildman–Crippen LogP) is 2.73. The molecule has 0 saturated carbocycles. The molecule has 0 atom stereocenters. The fraction of sp³-hybridized carbons (Fsp3) is 0.500. The second-order valence-electron chi connectivity index (χ2n) is 3.86. The van der Waals surface area contributed by atoms with Gasteiger partial charge < -0.3 is 10.1 Å². The summed E-state index contributed by atoms with van der Waals surface area (Å²) < 4.78 is 31.1. The smallest absolute Gasteiger partial charge is 0.200 e. The summed E-state index contributed by atoms with van der Waals surface area (Å²) >= 11 is 0. The van der Waals surface area contributed by atoms with Crippen molar-refractivity contribution >= 4 is 0 Å². The van der Waals surface area contributed by atoms with Gasteiger partial charge in [0.25, 0.3) is 0 Å². The predicted molar refractivity (Wildman–Crippen MR) is 59.6 cm³/mol. The van der Waals surface area contributed by atoms with E-state index in [1.807, 2.05) is 13.8 Å². The van der Waals surface area contributed by atoms with Crippen molar-refractivity contribution in [2.75, 3.05) is 13.2 Å². The molecule has 0 radical (unpaired) electrons. The van der Waals surface area contributed by atoms with Crippen LogP contribution in [-0.4, -0.2) is 19.2 Å². The van der Waals surface area contributed by atoms with Gasteiger partial charge in [-0.05, 0) is 25.1 Å². The molecular formula is C12H17F2NO. The van der Waals surface area contributed by atoms with Crippen molar-refractivity contribution < 1.29 is 13.5 Å². The van der Waals surface area contributed by atoms with Gasteiger partial charge in [0.1, 0.15) is 0 Å². The first-order valence-corrected chi connectivity index (χ1v) is 5.41. The summed E-state index contributed by atoms with van der Waals surface area (Å²) in [7, 11) is 0. The van der Waals surface area contributed by atoms with Crippen molar-refractivity contribution in [3.8, 4) is 5.75 Å². The lowest BCUT2D eigenvalue weighted by Gasteiger charge is -2.09. The molecule has 2 nitrogen and oxygen atoms in total. The molecule has 0 saturated heterocycles. The van der Waals surface area contributed by atoms with E-state index in [2.05, 4.69) is 5.32 Å². The van der Waals surface area contributed by atoms with E-state index in [4.69, 9.17) is 4.74 Å². The molecule has 0 aromatic heterocycles. The molecule has 0 bridgehead atoms. The zero-order valence-corrected chi connectivity index (χ0v) is 9.59. The molecule has 0 amide bonds. The zero-order valence-electron chi connectivity index (χ0n) is 9.59. The van der Waals surface area contributed by atoms with Gasteiger partial charge in [0.05, 0.1) is 6.61 Å². The molecule has 1 rings (SSSR count). The topological polar surface area (TPSA) is 21.3 Å². The number of nitrogens with one attached hydrogen (secondary N) is 1. The molecule has 4 heteroatoms. The van der Waals surface area contributed by atoms with Crippen molar-refractivity contribution in [1.29, 1.82) is 0 Å². The van der Waals surface area contributed by atoms with Crippen LogP contribution in [0.15, 0.2) is 18.2 Å². The van der Waals surface area contributed by atoms with E-state index < -0.39 is 11.6 Å². The molecule has 0 aliphatic carbocycles. The maximum Gasteiger partial charge on any atom is 0.200 e. The van der Waals surface area contributed by atoms with Gasteiger partial charge in [-0.15, -0.1) is 0 Å². The molecule has 0 spiro atoms. The van der Waals surface area contributed by atoms with Crippen LogP contribution in [0.4, 0.5) is 8.78 Å². The van der Waals surface area contributed by atoms with Gasteiger partial charge in [0.15, 0.2) is 11.6 Å².